The molecule has 1 N–H and O–H groups in total. The maximum atomic E-state index is 13.6. The number of nitrogens with one attached hydrogen (secondary N) is 1. The van der Waals surface area contributed by atoms with E-state index in [0.717, 1.165) is 4.47 Å². The Morgan fingerprint density at radius 1 is 1.33 bits per heavy atom. The van der Waals surface area contributed by atoms with Gasteiger partial charge in [-0.15, -0.1) is 0 Å². The number of aromatic nitrogens is 2. The molecule has 90 valence electrons. The summed E-state index contributed by atoms with van der Waals surface area (Å²) in [5.41, 5.74) is 1.01. The first kappa shape index (κ1) is 12.5. The second-order valence-corrected chi connectivity index (χ2v) is 4.35. The molecule has 0 unspecified atom stereocenters. The Bertz CT molecular complexity index is 592. The summed E-state index contributed by atoms with van der Waals surface area (Å²) >= 11 is 3.29. The van der Waals surface area contributed by atoms with E-state index in [1.165, 1.54) is 18.5 Å². The maximum absolute atomic E-state index is 13.6. The third kappa shape index (κ3) is 2.81. The topological polar surface area (TPSA) is 61.6 Å². The van der Waals surface area contributed by atoms with Crippen molar-refractivity contribution in [3.63, 3.8) is 0 Å². The Labute approximate surface area is 112 Å². The lowest BCUT2D eigenvalue weighted by atomic mass is 10.1. The average molecular weight is 307 g/mol. The number of nitrogens with zero attached hydrogens (tertiary/aromatic N) is 3. The van der Waals surface area contributed by atoms with Crippen molar-refractivity contribution in [2.75, 3.05) is 11.9 Å². The van der Waals surface area contributed by atoms with E-state index in [-0.39, 0.29) is 12.4 Å². The van der Waals surface area contributed by atoms with Gasteiger partial charge in [-0.1, -0.05) is 15.9 Å². The molecule has 0 bridgehead atoms. The first-order chi connectivity index (χ1) is 8.70. The minimum Gasteiger partial charge on any atom is -0.341 e. The Morgan fingerprint density at radius 2 is 2.06 bits per heavy atom. The van der Waals surface area contributed by atoms with Gasteiger partial charge in [0.1, 0.15) is 12.4 Å². The number of halogens is 2. The minimum atomic E-state index is -0.334. The smallest absolute Gasteiger partial charge is 0.223 e. The van der Waals surface area contributed by atoms with Gasteiger partial charge in [0.2, 0.25) is 5.95 Å². The average Bonchev–Trinajstić information content (AvgIpc) is 2.40. The zero-order valence-corrected chi connectivity index (χ0v) is 10.8. The molecule has 0 radical (unpaired) electrons. The molecule has 1 aromatic carbocycles. The van der Waals surface area contributed by atoms with Crippen molar-refractivity contribution in [1.29, 1.82) is 5.26 Å². The number of rotatable bonds is 3. The summed E-state index contributed by atoms with van der Waals surface area (Å²) in [6.07, 6.45) is 3.02. The zero-order chi connectivity index (χ0) is 13.0. The molecule has 0 aliphatic rings. The molecule has 6 heteroatoms. The Kier molecular flexibility index (Phi) is 3.85. The van der Waals surface area contributed by atoms with Crippen molar-refractivity contribution in [2.24, 2.45) is 0 Å². The van der Waals surface area contributed by atoms with Crippen LogP contribution >= 0.6 is 15.9 Å². The highest BCUT2D eigenvalue weighted by Crippen LogP contribution is 2.25. The van der Waals surface area contributed by atoms with Gasteiger partial charge in [-0.2, -0.15) is 5.26 Å². The molecule has 0 saturated heterocycles. The summed E-state index contributed by atoms with van der Waals surface area (Å²) in [5.74, 6) is 0.00948. The third-order valence-electron chi connectivity index (χ3n) is 2.22. The van der Waals surface area contributed by atoms with Gasteiger partial charge in [0.25, 0.3) is 0 Å². The van der Waals surface area contributed by atoms with Crippen molar-refractivity contribution >= 4 is 21.9 Å². The van der Waals surface area contributed by atoms with Crippen LogP contribution in [0.15, 0.2) is 35.1 Å². The lowest BCUT2D eigenvalue weighted by molar-refractivity contribution is 0.631. The Morgan fingerprint density at radius 3 is 2.72 bits per heavy atom. The fourth-order valence-corrected chi connectivity index (χ4v) is 1.76. The zero-order valence-electron chi connectivity index (χ0n) is 9.19. The summed E-state index contributed by atoms with van der Waals surface area (Å²) in [7, 11) is 0. The van der Waals surface area contributed by atoms with E-state index in [1.807, 2.05) is 6.07 Å². The largest absolute Gasteiger partial charge is 0.341 e. The molecule has 1 heterocycles. The van der Waals surface area contributed by atoms with Gasteiger partial charge in [-0.05, 0) is 18.2 Å². The van der Waals surface area contributed by atoms with Crippen molar-refractivity contribution in [3.05, 3.63) is 40.9 Å². The Hall–Kier alpha value is -2.00. The summed E-state index contributed by atoms with van der Waals surface area (Å²) in [4.78, 5) is 8.02. The van der Waals surface area contributed by atoms with Crippen molar-refractivity contribution < 1.29 is 4.39 Å². The standard InChI is InChI=1S/C12H8BrFN4/c13-9-1-2-11(14)10(5-9)8-6-17-12(18-7-8)16-4-3-15/h1-2,5-7H,4H2,(H,16,17,18). The molecule has 18 heavy (non-hydrogen) atoms. The molecule has 0 spiro atoms. The van der Waals surface area contributed by atoms with Crippen molar-refractivity contribution in [2.45, 2.75) is 0 Å². The third-order valence-corrected chi connectivity index (χ3v) is 2.71. The van der Waals surface area contributed by atoms with Gasteiger partial charge in [0, 0.05) is 28.0 Å². The number of hydrogen-bond acceptors (Lipinski definition) is 4. The van der Waals surface area contributed by atoms with Crippen LogP contribution in [0.2, 0.25) is 0 Å². The second kappa shape index (κ2) is 5.56. The van der Waals surface area contributed by atoms with E-state index in [2.05, 4.69) is 31.2 Å². The fourth-order valence-electron chi connectivity index (χ4n) is 1.40. The van der Waals surface area contributed by atoms with Crippen LogP contribution < -0.4 is 5.32 Å². The number of nitriles is 1. The molecule has 0 aliphatic heterocycles. The summed E-state index contributed by atoms with van der Waals surface area (Å²) in [5, 5.41) is 11.1. The van der Waals surface area contributed by atoms with E-state index < -0.39 is 0 Å². The van der Waals surface area contributed by atoms with Crippen LogP contribution in [-0.2, 0) is 0 Å². The highest BCUT2D eigenvalue weighted by atomic mass is 79.9. The van der Waals surface area contributed by atoms with Crippen LogP contribution in [-0.4, -0.2) is 16.5 Å². The van der Waals surface area contributed by atoms with Gasteiger partial charge in [-0.3, -0.25) is 0 Å². The molecule has 2 rings (SSSR count). The number of anilines is 1. The first-order valence-electron chi connectivity index (χ1n) is 5.09. The van der Waals surface area contributed by atoms with Gasteiger partial charge in [-0.25, -0.2) is 14.4 Å². The quantitative estimate of drug-likeness (QED) is 0.886. The van der Waals surface area contributed by atoms with E-state index in [9.17, 15) is 4.39 Å². The molecule has 0 saturated carbocycles. The van der Waals surface area contributed by atoms with Crippen molar-refractivity contribution in [1.82, 2.24) is 9.97 Å². The van der Waals surface area contributed by atoms with Crippen LogP contribution in [0.3, 0.4) is 0 Å². The normalized spacial score (nSPS) is 9.83. The number of hydrogen-bond donors (Lipinski definition) is 1. The highest BCUT2D eigenvalue weighted by molar-refractivity contribution is 9.10. The van der Waals surface area contributed by atoms with Crippen LogP contribution in [0.25, 0.3) is 11.1 Å². The fraction of sp³-hybridized carbons (Fsp3) is 0.0833. The molecule has 0 atom stereocenters. The lowest BCUT2D eigenvalue weighted by Gasteiger charge is -2.05. The molecular weight excluding hydrogens is 299 g/mol. The summed E-state index contributed by atoms with van der Waals surface area (Å²) in [6, 6.07) is 6.59. The first-order valence-corrected chi connectivity index (χ1v) is 5.88. The van der Waals surface area contributed by atoms with Crippen LogP contribution in [0, 0.1) is 17.1 Å². The van der Waals surface area contributed by atoms with Crippen LogP contribution in [0.4, 0.5) is 10.3 Å². The van der Waals surface area contributed by atoms with Gasteiger partial charge >= 0.3 is 0 Å². The number of benzene rings is 1. The second-order valence-electron chi connectivity index (χ2n) is 3.43. The maximum Gasteiger partial charge on any atom is 0.223 e. The molecule has 0 fully saturated rings. The minimum absolute atomic E-state index is 0.130. The molecule has 0 amide bonds. The van der Waals surface area contributed by atoms with Crippen molar-refractivity contribution in [3.8, 4) is 17.2 Å². The predicted octanol–water partition coefficient (Wildman–Crippen LogP) is 2.98. The van der Waals surface area contributed by atoms with Gasteiger partial charge < -0.3 is 5.32 Å². The van der Waals surface area contributed by atoms with Gasteiger partial charge in [0.05, 0.1) is 6.07 Å². The molecule has 1 aromatic heterocycles. The molecule has 4 nitrogen and oxygen atoms in total. The molecule has 0 aliphatic carbocycles. The van der Waals surface area contributed by atoms with Crippen LogP contribution in [0.1, 0.15) is 0 Å². The lowest BCUT2D eigenvalue weighted by Crippen LogP contribution is -2.02. The van der Waals surface area contributed by atoms with Crippen LogP contribution in [0.5, 0.6) is 0 Å². The Balaban J connectivity index is 2.29. The van der Waals surface area contributed by atoms with E-state index >= 15 is 0 Å². The summed E-state index contributed by atoms with van der Waals surface area (Å²) in [6.45, 7) is 0.130. The highest BCUT2D eigenvalue weighted by Gasteiger charge is 2.06. The van der Waals surface area contributed by atoms with Gasteiger partial charge in [0.15, 0.2) is 0 Å². The summed E-state index contributed by atoms with van der Waals surface area (Å²) < 4.78 is 14.4. The molecular formula is C12H8BrFN4. The molecule has 2 aromatic rings. The van der Waals surface area contributed by atoms with E-state index in [1.54, 1.807) is 12.1 Å². The SMILES string of the molecule is N#CCNc1ncc(-c2cc(Br)ccc2F)cn1. The van der Waals surface area contributed by atoms with E-state index in [0.29, 0.717) is 17.1 Å². The predicted molar refractivity (Wildman–Crippen MR) is 69.2 cm³/mol. The monoisotopic (exact) mass is 306 g/mol. The van der Waals surface area contributed by atoms with E-state index in [4.69, 9.17) is 5.26 Å².